The smallest absolute Gasteiger partial charge is 0.258 e. The molecule has 0 radical (unpaired) electrons. The number of nitrogens with one attached hydrogen (secondary N) is 2. The molecule has 0 aliphatic rings. The fourth-order valence-electron chi connectivity index (χ4n) is 1.77. The summed E-state index contributed by atoms with van der Waals surface area (Å²) < 4.78 is 0. The first kappa shape index (κ1) is 15.0. The molecule has 0 saturated heterocycles. The Kier molecular flexibility index (Phi) is 4.55. The van der Waals surface area contributed by atoms with Crippen LogP contribution in [0.25, 0.3) is 0 Å². The van der Waals surface area contributed by atoms with Crippen LogP contribution >= 0.6 is 11.6 Å². The summed E-state index contributed by atoms with van der Waals surface area (Å²) in [5.41, 5.74) is 1.99. The van der Waals surface area contributed by atoms with Gasteiger partial charge in [-0.15, -0.1) is 0 Å². The minimum Gasteiger partial charge on any atom is -0.355 e. The van der Waals surface area contributed by atoms with Crippen LogP contribution in [0, 0.1) is 6.92 Å². The number of anilines is 1. The van der Waals surface area contributed by atoms with E-state index in [-0.39, 0.29) is 17.4 Å². The molecule has 2 aromatic rings. The van der Waals surface area contributed by atoms with Gasteiger partial charge in [-0.1, -0.05) is 17.7 Å². The normalized spacial score (nSPS) is 10.0. The molecule has 0 atom stereocenters. The van der Waals surface area contributed by atoms with Crippen LogP contribution in [0.15, 0.2) is 36.5 Å². The molecule has 0 unspecified atom stereocenters. The van der Waals surface area contributed by atoms with E-state index in [1.165, 1.54) is 6.20 Å². The highest BCUT2D eigenvalue weighted by Gasteiger charge is 2.12. The molecule has 0 fully saturated rings. The Morgan fingerprint density at radius 3 is 2.62 bits per heavy atom. The second-order valence-corrected chi connectivity index (χ2v) is 4.83. The van der Waals surface area contributed by atoms with E-state index >= 15 is 0 Å². The Bertz CT molecular complexity index is 701. The number of rotatable bonds is 3. The number of benzene rings is 1. The summed E-state index contributed by atoms with van der Waals surface area (Å²) in [6, 6.07) is 8.26. The Balaban J connectivity index is 2.21. The van der Waals surface area contributed by atoms with Crippen molar-refractivity contribution in [3.05, 3.63) is 58.4 Å². The van der Waals surface area contributed by atoms with Gasteiger partial charge < -0.3 is 10.6 Å². The number of amides is 2. The monoisotopic (exact) mass is 303 g/mol. The molecular formula is C15H14ClN3O2. The SMILES string of the molecule is CNC(=O)c1cccc(NC(=O)c2cnc(C)cc2Cl)c1. The minimum atomic E-state index is -0.374. The van der Waals surface area contributed by atoms with Crippen LogP contribution in [0.5, 0.6) is 0 Å². The van der Waals surface area contributed by atoms with Crippen LogP contribution in [-0.2, 0) is 0 Å². The van der Waals surface area contributed by atoms with Gasteiger partial charge in [-0.3, -0.25) is 14.6 Å². The van der Waals surface area contributed by atoms with Gasteiger partial charge in [0, 0.05) is 30.2 Å². The van der Waals surface area contributed by atoms with Crippen molar-refractivity contribution in [1.82, 2.24) is 10.3 Å². The molecule has 2 rings (SSSR count). The maximum atomic E-state index is 12.2. The summed E-state index contributed by atoms with van der Waals surface area (Å²) in [6.45, 7) is 1.79. The fraction of sp³-hybridized carbons (Fsp3) is 0.133. The van der Waals surface area contributed by atoms with Crippen LogP contribution in [0.1, 0.15) is 26.4 Å². The Morgan fingerprint density at radius 2 is 1.95 bits per heavy atom. The quantitative estimate of drug-likeness (QED) is 0.915. The van der Waals surface area contributed by atoms with Gasteiger partial charge in [0.2, 0.25) is 0 Å². The molecule has 6 heteroatoms. The topological polar surface area (TPSA) is 71.1 Å². The molecule has 1 aromatic carbocycles. The van der Waals surface area contributed by atoms with Crippen LogP contribution < -0.4 is 10.6 Å². The first-order valence-corrected chi connectivity index (χ1v) is 6.64. The molecule has 2 amide bonds. The van der Waals surface area contributed by atoms with Crippen molar-refractivity contribution in [3.63, 3.8) is 0 Å². The molecule has 0 aliphatic carbocycles. The third kappa shape index (κ3) is 3.58. The minimum absolute atomic E-state index is 0.221. The Morgan fingerprint density at radius 1 is 1.19 bits per heavy atom. The summed E-state index contributed by atoms with van der Waals surface area (Å²) in [4.78, 5) is 27.8. The van der Waals surface area contributed by atoms with Crippen LogP contribution in [-0.4, -0.2) is 23.8 Å². The standard InChI is InChI=1S/C15H14ClN3O2/c1-9-6-13(16)12(8-18-9)15(21)19-11-5-3-4-10(7-11)14(20)17-2/h3-8H,1-2H3,(H,17,20)(H,19,21). The van der Waals surface area contributed by atoms with Crippen molar-refractivity contribution in [2.24, 2.45) is 0 Å². The van der Waals surface area contributed by atoms with E-state index in [4.69, 9.17) is 11.6 Å². The lowest BCUT2D eigenvalue weighted by Gasteiger charge is -2.08. The largest absolute Gasteiger partial charge is 0.355 e. The molecule has 1 aromatic heterocycles. The van der Waals surface area contributed by atoms with Crippen molar-refractivity contribution in [3.8, 4) is 0 Å². The van der Waals surface area contributed by atoms with E-state index in [0.717, 1.165) is 5.69 Å². The highest BCUT2D eigenvalue weighted by molar-refractivity contribution is 6.34. The van der Waals surface area contributed by atoms with E-state index in [9.17, 15) is 9.59 Å². The third-order valence-electron chi connectivity index (χ3n) is 2.84. The Labute approximate surface area is 127 Å². The molecule has 2 N–H and O–H groups in total. The average molecular weight is 304 g/mol. The molecular weight excluding hydrogens is 290 g/mol. The van der Waals surface area contributed by atoms with Crippen molar-refractivity contribution < 1.29 is 9.59 Å². The van der Waals surface area contributed by atoms with Crippen molar-refractivity contribution in [1.29, 1.82) is 0 Å². The van der Waals surface area contributed by atoms with E-state index in [0.29, 0.717) is 16.3 Å². The highest BCUT2D eigenvalue weighted by atomic mass is 35.5. The Hall–Kier alpha value is -2.40. The van der Waals surface area contributed by atoms with Crippen molar-refractivity contribution in [2.45, 2.75) is 6.92 Å². The summed E-state index contributed by atoms with van der Waals surface area (Å²) in [6.07, 6.45) is 1.43. The molecule has 21 heavy (non-hydrogen) atoms. The number of aromatic nitrogens is 1. The molecule has 1 heterocycles. The zero-order chi connectivity index (χ0) is 15.4. The summed E-state index contributed by atoms with van der Waals surface area (Å²) in [7, 11) is 1.55. The van der Waals surface area contributed by atoms with Gasteiger partial charge in [-0.25, -0.2) is 0 Å². The zero-order valence-corrected chi connectivity index (χ0v) is 12.4. The number of nitrogens with zero attached hydrogens (tertiary/aromatic N) is 1. The van der Waals surface area contributed by atoms with Gasteiger partial charge in [0.15, 0.2) is 0 Å². The molecule has 0 saturated carbocycles. The van der Waals surface area contributed by atoms with Crippen molar-refractivity contribution >= 4 is 29.1 Å². The van der Waals surface area contributed by atoms with Gasteiger partial charge >= 0.3 is 0 Å². The maximum absolute atomic E-state index is 12.2. The van der Waals surface area contributed by atoms with Crippen molar-refractivity contribution in [2.75, 3.05) is 12.4 Å². The van der Waals surface area contributed by atoms with E-state index in [1.54, 1.807) is 44.3 Å². The zero-order valence-electron chi connectivity index (χ0n) is 11.6. The molecule has 108 valence electrons. The number of carbonyl (C=O) groups is 2. The van der Waals surface area contributed by atoms with Gasteiger partial charge in [0.1, 0.15) is 0 Å². The predicted molar refractivity (Wildman–Crippen MR) is 81.8 cm³/mol. The number of pyridine rings is 1. The number of aryl methyl sites for hydroxylation is 1. The lowest BCUT2D eigenvalue weighted by Crippen LogP contribution is -2.18. The van der Waals surface area contributed by atoms with Gasteiger partial charge in [-0.2, -0.15) is 0 Å². The predicted octanol–water partition coefficient (Wildman–Crippen LogP) is 2.66. The molecule has 0 aliphatic heterocycles. The van der Waals surface area contributed by atoms with E-state index in [1.807, 2.05) is 0 Å². The second kappa shape index (κ2) is 6.37. The number of carbonyl (C=O) groups excluding carboxylic acids is 2. The molecule has 0 bridgehead atoms. The van der Waals surface area contributed by atoms with E-state index in [2.05, 4.69) is 15.6 Å². The van der Waals surface area contributed by atoms with Crippen LogP contribution in [0.4, 0.5) is 5.69 Å². The third-order valence-corrected chi connectivity index (χ3v) is 3.16. The van der Waals surface area contributed by atoms with Gasteiger partial charge in [0.25, 0.3) is 11.8 Å². The number of hydrogen-bond acceptors (Lipinski definition) is 3. The van der Waals surface area contributed by atoms with Gasteiger partial charge in [0.05, 0.1) is 10.6 Å². The molecule has 5 nitrogen and oxygen atoms in total. The van der Waals surface area contributed by atoms with Crippen LogP contribution in [0.3, 0.4) is 0 Å². The fourth-order valence-corrected chi connectivity index (χ4v) is 2.07. The van der Waals surface area contributed by atoms with Crippen LogP contribution in [0.2, 0.25) is 5.02 Å². The number of halogens is 1. The summed E-state index contributed by atoms with van der Waals surface area (Å²) in [5, 5.41) is 5.56. The average Bonchev–Trinajstić information content (AvgIpc) is 2.46. The molecule has 0 spiro atoms. The summed E-state index contributed by atoms with van der Waals surface area (Å²) in [5.74, 6) is -0.595. The second-order valence-electron chi connectivity index (χ2n) is 4.42. The summed E-state index contributed by atoms with van der Waals surface area (Å²) >= 11 is 6.03. The van der Waals surface area contributed by atoms with E-state index < -0.39 is 0 Å². The maximum Gasteiger partial charge on any atom is 0.258 e. The first-order chi connectivity index (χ1) is 10.0. The lowest BCUT2D eigenvalue weighted by atomic mass is 10.1. The highest BCUT2D eigenvalue weighted by Crippen LogP contribution is 2.18. The lowest BCUT2D eigenvalue weighted by molar-refractivity contribution is 0.0961. The van der Waals surface area contributed by atoms with Gasteiger partial charge in [-0.05, 0) is 31.2 Å². The number of hydrogen-bond donors (Lipinski definition) is 2. The first-order valence-electron chi connectivity index (χ1n) is 6.27.